The van der Waals surface area contributed by atoms with Crippen LogP contribution in [0.3, 0.4) is 0 Å². The van der Waals surface area contributed by atoms with Crippen LogP contribution in [-0.2, 0) is 4.74 Å². The van der Waals surface area contributed by atoms with Gasteiger partial charge in [0.1, 0.15) is 11.1 Å². The number of pyridine rings is 1. The van der Waals surface area contributed by atoms with Crippen LogP contribution in [0.5, 0.6) is 5.75 Å². The summed E-state index contributed by atoms with van der Waals surface area (Å²) < 4.78 is 11.1. The summed E-state index contributed by atoms with van der Waals surface area (Å²) in [5, 5.41) is 0. The molecule has 0 radical (unpaired) electrons. The van der Waals surface area contributed by atoms with Gasteiger partial charge in [-0.3, -0.25) is 0 Å². The summed E-state index contributed by atoms with van der Waals surface area (Å²) in [6.45, 7) is 4.53. The van der Waals surface area contributed by atoms with Crippen molar-refractivity contribution in [2.75, 3.05) is 31.2 Å². The van der Waals surface area contributed by atoms with Gasteiger partial charge in [-0.25, -0.2) is 4.98 Å². The Morgan fingerprint density at radius 3 is 3.28 bits per heavy atom. The largest absolute Gasteiger partial charge is 0.490 e. The second kappa shape index (κ2) is 5.97. The van der Waals surface area contributed by atoms with E-state index in [1.54, 1.807) is 6.20 Å². The Morgan fingerprint density at radius 2 is 2.56 bits per heavy atom. The molecule has 0 spiro atoms. The summed E-state index contributed by atoms with van der Waals surface area (Å²) in [4.78, 5) is 6.85. The molecule has 6 heteroatoms. The molecule has 0 amide bonds. The molecule has 98 valence electrons. The average molecular weight is 267 g/mol. The molecule has 0 aromatic carbocycles. The second-order valence-electron chi connectivity index (χ2n) is 3.97. The van der Waals surface area contributed by atoms with E-state index in [0.29, 0.717) is 24.7 Å². The lowest BCUT2D eigenvalue weighted by molar-refractivity contribution is 0.0841. The summed E-state index contributed by atoms with van der Waals surface area (Å²) in [5.74, 6) is 1.60. The van der Waals surface area contributed by atoms with Crippen LogP contribution in [-0.4, -0.2) is 42.4 Å². The third-order valence-corrected chi connectivity index (χ3v) is 3.00. The van der Waals surface area contributed by atoms with Crippen LogP contribution >= 0.6 is 12.2 Å². The zero-order valence-corrected chi connectivity index (χ0v) is 11.2. The van der Waals surface area contributed by atoms with Crippen molar-refractivity contribution >= 4 is 23.0 Å². The Balaban J connectivity index is 2.17. The Hall–Kier alpha value is -1.40. The first-order valence-electron chi connectivity index (χ1n) is 5.96. The quantitative estimate of drug-likeness (QED) is 0.820. The summed E-state index contributed by atoms with van der Waals surface area (Å²) in [6, 6.07) is 3.77. The van der Waals surface area contributed by atoms with Crippen LogP contribution in [0.25, 0.3) is 0 Å². The molecule has 1 unspecified atom stereocenters. The first-order chi connectivity index (χ1) is 8.72. The maximum absolute atomic E-state index is 5.63. The van der Waals surface area contributed by atoms with Crippen molar-refractivity contribution < 1.29 is 9.47 Å². The van der Waals surface area contributed by atoms with Crippen LogP contribution < -0.4 is 15.4 Å². The van der Waals surface area contributed by atoms with Gasteiger partial charge in [0.2, 0.25) is 0 Å². The van der Waals surface area contributed by atoms with E-state index in [-0.39, 0.29) is 6.10 Å². The van der Waals surface area contributed by atoms with Gasteiger partial charge in [0, 0.05) is 12.7 Å². The van der Waals surface area contributed by atoms with Gasteiger partial charge in [-0.1, -0.05) is 12.2 Å². The monoisotopic (exact) mass is 267 g/mol. The lowest BCUT2D eigenvalue weighted by Gasteiger charge is -2.33. The molecule has 1 aromatic heterocycles. The smallest absolute Gasteiger partial charge is 0.171 e. The van der Waals surface area contributed by atoms with Gasteiger partial charge in [0.05, 0.1) is 19.8 Å². The number of rotatable bonds is 4. The third kappa shape index (κ3) is 2.88. The Bertz CT molecular complexity index is 428. The minimum Gasteiger partial charge on any atom is -0.490 e. The van der Waals surface area contributed by atoms with E-state index in [2.05, 4.69) is 9.88 Å². The predicted molar refractivity (Wildman–Crippen MR) is 74.1 cm³/mol. The number of anilines is 1. The highest BCUT2D eigenvalue weighted by Crippen LogP contribution is 2.26. The summed E-state index contributed by atoms with van der Waals surface area (Å²) in [6.07, 6.45) is 1.54. The van der Waals surface area contributed by atoms with Crippen molar-refractivity contribution in [3.8, 4) is 5.75 Å². The van der Waals surface area contributed by atoms with Gasteiger partial charge in [-0.05, 0) is 19.1 Å². The minimum absolute atomic E-state index is 0.217. The minimum atomic E-state index is -0.217. The van der Waals surface area contributed by atoms with Crippen molar-refractivity contribution in [1.29, 1.82) is 0 Å². The number of hydrogen-bond donors (Lipinski definition) is 1. The fourth-order valence-electron chi connectivity index (χ4n) is 1.90. The van der Waals surface area contributed by atoms with E-state index in [0.717, 1.165) is 18.1 Å². The van der Waals surface area contributed by atoms with Crippen LogP contribution in [0.2, 0.25) is 0 Å². The number of morpholine rings is 1. The first kappa shape index (κ1) is 13.0. The average Bonchev–Trinajstić information content (AvgIpc) is 2.40. The molecule has 1 atom stereocenters. The van der Waals surface area contributed by atoms with Crippen LogP contribution in [0, 0.1) is 0 Å². The zero-order valence-electron chi connectivity index (χ0n) is 10.3. The van der Waals surface area contributed by atoms with Crippen molar-refractivity contribution in [1.82, 2.24) is 4.98 Å². The predicted octanol–water partition coefficient (Wildman–Crippen LogP) is 0.972. The number of hydrogen-bond acceptors (Lipinski definition) is 5. The van der Waals surface area contributed by atoms with E-state index in [1.807, 2.05) is 19.1 Å². The van der Waals surface area contributed by atoms with Gasteiger partial charge in [0.15, 0.2) is 11.6 Å². The summed E-state index contributed by atoms with van der Waals surface area (Å²) in [5.41, 5.74) is 5.63. The lowest BCUT2D eigenvalue weighted by Crippen LogP contribution is -2.48. The maximum Gasteiger partial charge on any atom is 0.171 e. The van der Waals surface area contributed by atoms with E-state index in [1.165, 1.54) is 0 Å². The van der Waals surface area contributed by atoms with E-state index in [9.17, 15) is 0 Å². The molecule has 0 saturated carbocycles. The molecule has 2 N–H and O–H groups in total. The Morgan fingerprint density at radius 1 is 1.72 bits per heavy atom. The van der Waals surface area contributed by atoms with Crippen LogP contribution in [0.1, 0.15) is 6.92 Å². The number of nitrogens with zero attached hydrogens (tertiary/aromatic N) is 2. The zero-order chi connectivity index (χ0) is 13.0. The van der Waals surface area contributed by atoms with Gasteiger partial charge < -0.3 is 20.1 Å². The Labute approximate surface area is 112 Å². The molecule has 0 aliphatic carbocycles. The van der Waals surface area contributed by atoms with Crippen LogP contribution in [0.4, 0.5) is 5.82 Å². The molecule has 1 aromatic rings. The highest BCUT2D eigenvalue weighted by molar-refractivity contribution is 7.80. The fourth-order valence-corrected chi connectivity index (χ4v) is 2.04. The highest BCUT2D eigenvalue weighted by Gasteiger charge is 2.25. The Kier molecular flexibility index (Phi) is 4.33. The SMILES string of the molecule is CCOc1cccnc1N1CCOC(C(N)=S)C1. The highest BCUT2D eigenvalue weighted by atomic mass is 32.1. The third-order valence-electron chi connectivity index (χ3n) is 2.73. The van der Waals surface area contributed by atoms with E-state index >= 15 is 0 Å². The molecule has 0 bridgehead atoms. The van der Waals surface area contributed by atoms with Gasteiger partial charge in [0.25, 0.3) is 0 Å². The standard InChI is InChI=1S/C12H17N3O2S/c1-2-16-9-4-3-5-14-12(9)15-6-7-17-10(8-15)11(13)18/h3-5,10H,2,6-8H2,1H3,(H2,13,18). The van der Waals surface area contributed by atoms with Crippen molar-refractivity contribution in [2.24, 2.45) is 5.73 Å². The van der Waals surface area contributed by atoms with Crippen LogP contribution in [0.15, 0.2) is 18.3 Å². The molecule has 5 nitrogen and oxygen atoms in total. The maximum atomic E-state index is 5.63. The lowest BCUT2D eigenvalue weighted by atomic mass is 10.2. The number of thiocarbonyl (C=S) groups is 1. The fraction of sp³-hybridized carbons (Fsp3) is 0.500. The molecule has 1 aliphatic heterocycles. The topological polar surface area (TPSA) is 60.6 Å². The molecule has 2 rings (SSSR count). The molecule has 18 heavy (non-hydrogen) atoms. The van der Waals surface area contributed by atoms with Crippen molar-refractivity contribution in [3.63, 3.8) is 0 Å². The molecule has 1 fully saturated rings. The second-order valence-corrected chi connectivity index (χ2v) is 4.44. The molecule has 1 saturated heterocycles. The van der Waals surface area contributed by atoms with E-state index < -0.39 is 0 Å². The number of nitrogens with two attached hydrogens (primary N) is 1. The number of aromatic nitrogens is 1. The molecule has 1 aliphatic rings. The van der Waals surface area contributed by atoms with Gasteiger partial charge in [-0.15, -0.1) is 0 Å². The first-order valence-corrected chi connectivity index (χ1v) is 6.37. The van der Waals surface area contributed by atoms with Gasteiger partial charge >= 0.3 is 0 Å². The summed E-state index contributed by atoms with van der Waals surface area (Å²) >= 11 is 4.98. The number of ether oxygens (including phenoxy) is 2. The van der Waals surface area contributed by atoms with Crippen molar-refractivity contribution in [3.05, 3.63) is 18.3 Å². The normalized spacial score (nSPS) is 19.6. The molecular weight excluding hydrogens is 250 g/mol. The summed E-state index contributed by atoms with van der Waals surface area (Å²) in [7, 11) is 0. The van der Waals surface area contributed by atoms with E-state index in [4.69, 9.17) is 27.4 Å². The van der Waals surface area contributed by atoms with Gasteiger partial charge in [-0.2, -0.15) is 0 Å². The molecular formula is C12H17N3O2S. The molecule has 2 heterocycles. The van der Waals surface area contributed by atoms with Crippen molar-refractivity contribution in [2.45, 2.75) is 13.0 Å².